The number of nitro benzene ring substituents is 1. The Labute approximate surface area is 134 Å². The Morgan fingerprint density at radius 2 is 2.27 bits per heavy atom. The van der Waals surface area contributed by atoms with Crippen LogP contribution in [0.25, 0.3) is 0 Å². The second kappa shape index (κ2) is 6.01. The fourth-order valence-corrected chi connectivity index (χ4v) is 4.34. The Kier molecular flexibility index (Phi) is 4.08. The van der Waals surface area contributed by atoms with Gasteiger partial charge < -0.3 is 4.90 Å². The number of aromatic nitrogens is 2. The molecule has 9 heteroatoms. The number of hydrogen-bond donors (Lipinski definition) is 0. The van der Waals surface area contributed by atoms with Crippen LogP contribution in [-0.2, 0) is 4.79 Å². The number of benzene rings is 1. The highest BCUT2D eigenvalue weighted by molar-refractivity contribution is 8.02. The van der Waals surface area contributed by atoms with Gasteiger partial charge in [-0.1, -0.05) is 29.2 Å². The minimum atomic E-state index is -0.458. The summed E-state index contributed by atoms with van der Waals surface area (Å²) in [5, 5.41) is 19.4. The lowest BCUT2D eigenvalue weighted by molar-refractivity contribution is -0.384. The van der Waals surface area contributed by atoms with Crippen LogP contribution in [0.5, 0.6) is 0 Å². The Bertz CT molecular complexity index is 734. The molecule has 1 fully saturated rings. The maximum atomic E-state index is 12.5. The van der Waals surface area contributed by atoms with Crippen LogP contribution in [0.2, 0.25) is 0 Å². The lowest BCUT2D eigenvalue weighted by Crippen LogP contribution is -2.27. The number of nitrogens with zero attached hydrogens (tertiary/aromatic N) is 4. The third kappa shape index (κ3) is 2.95. The highest BCUT2D eigenvalue weighted by Gasteiger charge is 2.34. The molecule has 1 unspecified atom stereocenters. The molecule has 0 N–H and O–H groups in total. The molecule has 114 valence electrons. The summed E-state index contributed by atoms with van der Waals surface area (Å²) in [6.07, 6.45) is 0.685. The molecule has 1 aromatic carbocycles. The lowest BCUT2D eigenvalue weighted by atomic mass is 10.2. The molecule has 3 rings (SSSR count). The van der Waals surface area contributed by atoms with Crippen LogP contribution in [0.1, 0.15) is 11.4 Å². The van der Waals surface area contributed by atoms with Gasteiger partial charge in [0.2, 0.25) is 5.91 Å². The molecule has 0 radical (unpaired) electrons. The van der Waals surface area contributed by atoms with E-state index < -0.39 is 4.92 Å². The fraction of sp³-hybridized carbons (Fsp3) is 0.308. The molecule has 1 aromatic heterocycles. The van der Waals surface area contributed by atoms with Gasteiger partial charge in [0.05, 0.1) is 15.9 Å². The third-order valence-corrected chi connectivity index (χ3v) is 5.44. The average molecular weight is 336 g/mol. The zero-order chi connectivity index (χ0) is 15.7. The van der Waals surface area contributed by atoms with Crippen molar-refractivity contribution in [3.63, 3.8) is 0 Å². The first-order valence-electron chi connectivity index (χ1n) is 6.57. The fourth-order valence-electron chi connectivity index (χ4n) is 2.24. The normalized spacial score (nSPS) is 18.0. The van der Waals surface area contributed by atoms with E-state index in [9.17, 15) is 14.9 Å². The summed E-state index contributed by atoms with van der Waals surface area (Å²) in [5.41, 5.74) is 0.553. The number of non-ortho nitro benzene ring substituents is 1. The summed E-state index contributed by atoms with van der Waals surface area (Å²) >= 11 is 2.87. The molecule has 0 saturated carbocycles. The molecule has 1 aliphatic rings. The van der Waals surface area contributed by atoms with Gasteiger partial charge in [0.1, 0.15) is 5.01 Å². The van der Waals surface area contributed by atoms with Gasteiger partial charge in [0.25, 0.3) is 5.69 Å². The van der Waals surface area contributed by atoms with Crippen LogP contribution in [0.15, 0.2) is 28.6 Å². The summed E-state index contributed by atoms with van der Waals surface area (Å²) in [6.45, 7) is 2.42. The van der Waals surface area contributed by atoms with Crippen molar-refractivity contribution in [3.05, 3.63) is 39.4 Å². The molecule has 0 aliphatic carbocycles. The van der Waals surface area contributed by atoms with Gasteiger partial charge in [0.15, 0.2) is 4.34 Å². The number of amides is 1. The zero-order valence-corrected chi connectivity index (χ0v) is 13.3. The van der Waals surface area contributed by atoms with E-state index in [1.54, 1.807) is 17.0 Å². The minimum absolute atomic E-state index is 0.0128. The van der Waals surface area contributed by atoms with Gasteiger partial charge in [0, 0.05) is 18.7 Å². The minimum Gasteiger partial charge on any atom is -0.311 e. The number of anilines is 1. The van der Waals surface area contributed by atoms with Gasteiger partial charge in [-0.15, -0.1) is 10.2 Å². The van der Waals surface area contributed by atoms with Crippen LogP contribution >= 0.6 is 23.1 Å². The first-order chi connectivity index (χ1) is 10.5. The van der Waals surface area contributed by atoms with Crippen molar-refractivity contribution in [2.75, 3.05) is 11.4 Å². The smallest absolute Gasteiger partial charge is 0.271 e. The van der Waals surface area contributed by atoms with Crippen molar-refractivity contribution in [2.24, 2.45) is 0 Å². The van der Waals surface area contributed by atoms with Crippen molar-refractivity contribution >= 4 is 40.4 Å². The average Bonchev–Trinajstić information content (AvgIpc) is 3.06. The number of carbonyl (C=O) groups is 1. The predicted molar refractivity (Wildman–Crippen MR) is 84.4 cm³/mol. The number of rotatable bonds is 4. The molecular formula is C13H12N4O3S2. The van der Waals surface area contributed by atoms with E-state index in [1.807, 2.05) is 6.92 Å². The molecule has 1 atom stereocenters. The first-order valence-corrected chi connectivity index (χ1v) is 8.27. The molecule has 0 bridgehead atoms. The van der Waals surface area contributed by atoms with E-state index in [1.165, 1.54) is 35.2 Å². The summed E-state index contributed by atoms with van der Waals surface area (Å²) in [5.74, 6) is -0.0432. The van der Waals surface area contributed by atoms with E-state index in [2.05, 4.69) is 10.2 Å². The standard InChI is InChI=1S/C13H12N4O3S2/c1-8-14-15-13(21-8)22-11-5-6-16(12(11)18)9-3-2-4-10(7-9)17(19)20/h2-4,7,11H,5-6H2,1H3. The third-order valence-electron chi connectivity index (χ3n) is 3.26. The van der Waals surface area contributed by atoms with Gasteiger partial charge in [-0.3, -0.25) is 14.9 Å². The Hall–Kier alpha value is -2.00. The van der Waals surface area contributed by atoms with Gasteiger partial charge >= 0.3 is 0 Å². The van der Waals surface area contributed by atoms with Crippen molar-refractivity contribution in [1.29, 1.82) is 0 Å². The van der Waals surface area contributed by atoms with Crippen LogP contribution in [0.4, 0.5) is 11.4 Å². The largest absolute Gasteiger partial charge is 0.311 e. The number of hydrogen-bond acceptors (Lipinski definition) is 7. The molecule has 7 nitrogen and oxygen atoms in total. The molecule has 2 aromatic rings. The van der Waals surface area contributed by atoms with Crippen LogP contribution in [0.3, 0.4) is 0 Å². The summed E-state index contributed by atoms with van der Waals surface area (Å²) in [6, 6.07) is 6.16. The van der Waals surface area contributed by atoms with Crippen LogP contribution in [-0.4, -0.2) is 32.8 Å². The SMILES string of the molecule is Cc1nnc(SC2CCN(c3cccc([N+](=O)[O-])c3)C2=O)s1. The molecule has 1 aliphatic heterocycles. The van der Waals surface area contributed by atoms with Gasteiger partial charge in [-0.2, -0.15) is 0 Å². The Balaban J connectivity index is 1.76. The van der Waals surface area contributed by atoms with E-state index in [0.717, 1.165) is 9.35 Å². The van der Waals surface area contributed by atoms with E-state index in [4.69, 9.17) is 0 Å². The molecular weight excluding hydrogens is 324 g/mol. The second-order valence-corrected chi connectivity index (χ2v) is 7.38. The van der Waals surface area contributed by atoms with Crippen LogP contribution in [0, 0.1) is 17.0 Å². The monoisotopic (exact) mass is 336 g/mol. The highest BCUT2D eigenvalue weighted by atomic mass is 32.2. The lowest BCUT2D eigenvalue weighted by Gasteiger charge is -2.16. The Morgan fingerprint density at radius 1 is 1.45 bits per heavy atom. The number of carbonyl (C=O) groups excluding carboxylic acids is 1. The number of aryl methyl sites for hydroxylation is 1. The molecule has 1 amide bonds. The second-order valence-electron chi connectivity index (χ2n) is 4.75. The van der Waals surface area contributed by atoms with Crippen molar-refractivity contribution in [1.82, 2.24) is 10.2 Å². The maximum absolute atomic E-state index is 12.5. The zero-order valence-electron chi connectivity index (χ0n) is 11.6. The van der Waals surface area contributed by atoms with Crippen molar-refractivity contribution in [3.8, 4) is 0 Å². The van der Waals surface area contributed by atoms with E-state index >= 15 is 0 Å². The van der Waals surface area contributed by atoms with E-state index in [-0.39, 0.29) is 16.8 Å². The number of nitro groups is 1. The Morgan fingerprint density at radius 3 is 2.95 bits per heavy atom. The summed E-state index contributed by atoms with van der Waals surface area (Å²) < 4.78 is 0.775. The molecule has 0 spiro atoms. The molecule has 2 heterocycles. The first kappa shape index (κ1) is 14.9. The quantitative estimate of drug-likeness (QED) is 0.630. The molecule has 22 heavy (non-hydrogen) atoms. The predicted octanol–water partition coefficient (Wildman–Crippen LogP) is 2.65. The number of thioether (sulfide) groups is 1. The van der Waals surface area contributed by atoms with Crippen LogP contribution < -0.4 is 4.90 Å². The summed E-state index contributed by atoms with van der Waals surface area (Å²) in [4.78, 5) is 24.5. The van der Waals surface area contributed by atoms with Crippen molar-refractivity contribution < 1.29 is 9.72 Å². The van der Waals surface area contributed by atoms with E-state index in [0.29, 0.717) is 18.7 Å². The van der Waals surface area contributed by atoms with Gasteiger partial charge in [-0.05, 0) is 19.4 Å². The maximum Gasteiger partial charge on any atom is 0.271 e. The van der Waals surface area contributed by atoms with Crippen molar-refractivity contribution in [2.45, 2.75) is 22.9 Å². The topological polar surface area (TPSA) is 89.2 Å². The van der Waals surface area contributed by atoms with Gasteiger partial charge in [-0.25, -0.2) is 0 Å². The highest BCUT2D eigenvalue weighted by Crippen LogP contribution is 2.35. The molecule has 1 saturated heterocycles. The summed E-state index contributed by atoms with van der Waals surface area (Å²) in [7, 11) is 0.